The number of morpholine rings is 1. The van der Waals surface area contributed by atoms with Crippen LogP contribution in [0, 0.1) is 0 Å². The summed E-state index contributed by atoms with van der Waals surface area (Å²) in [6.07, 6.45) is 4.25. The van der Waals surface area contributed by atoms with Crippen molar-refractivity contribution >= 4 is 12.1 Å². The van der Waals surface area contributed by atoms with Crippen molar-refractivity contribution in [3.05, 3.63) is 59.2 Å². The number of ether oxygens (including phenoxy) is 3. The summed E-state index contributed by atoms with van der Waals surface area (Å²) in [6, 6.07) is 14.2. The molecule has 0 bridgehead atoms. The normalized spacial score (nSPS) is 20.9. The van der Waals surface area contributed by atoms with E-state index in [0.717, 1.165) is 64.1 Å². The molecule has 0 unspecified atom stereocenters. The zero-order chi connectivity index (χ0) is 26.2. The minimum absolute atomic E-state index is 0.234. The second-order valence-electron chi connectivity index (χ2n) is 10.2. The van der Waals surface area contributed by atoms with Crippen LogP contribution in [-0.2, 0) is 11.3 Å². The van der Waals surface area contributed by atoms with E-state index in [-0.39, 0.29) is 5.91 Å². The molecule has 3 aliphatic rings. The maximum absolute atomic E-state index is 12.6. The van der Waals surface area contributed by atoms with Crippen LogP contribution in [0.4, 0.5) is 0 Å². The van der Waals surface area contributed by atoms with Crippen molar-refractivity contribution in [1.82, 2.24) is 20.1 Å². The van der Waals surface area contributed by atoms with Gasteiger partial charge in [-0.25, -0.2) is 5.43 Å². The van der Waals surface area contributed by atoms with Crippen molar-refractivity contribution in [2.75, 3.05) is 72.7 Å². The number of amides is 1. The van der Waals surface area contributed by atoms with Gasteiger partial charge in [0, 0.05) is 57.4 Å². The van der Waals surface area contributed by atoms with Crippen molar-refractivity contribution in [1.29, 1.82) is 0 Å². The van der Waals surface area contributed by atoms with Gasteiger partial charge in [-0.3, -0.25) is 19.5 Å². The molecular formula is C29H39N5O4. The first kappa shape index (κ1) is 26.6. The molecular weight excluding hydrogens is 482 g/mol. The lowest BCUT2D eigenvalue weighted by atomic mass is 10.1. The van der Waals surface area contributed by atoms with E-state index in [9.17, 15) is 4.79 Å². The molecule has 204 valence electrons. The Morgan fingerprint density at radius 2 is 1.89 bits per heavy atom. The first-order valence-electron chi connectivity index (χ1n) is 13.7. The number of fused-ring (bicyclic) bond motifs is 1. The Balaban J connectivity index is 1.08. The van der Waals surface area contributed by atoms with E-state index in [4.69, 9.17) is 14.2 Å². The van der Waals surface area contributed by atoms with Crippen LogP contribution in [0.3, 0.4) is 0 Å². The number of rotatable bonds is 10. The molecule has 9 heteroatoms. The topological polar surface area (TPSA) is 78.9 Å². The molecule has 0 saturated carbocycles. The van der Waals surface area contributed by atoms with Crippen molar-refractivity contribution in [3.63, 3.8) is 0 Å². The van der Waals surface area contributed by atoms with Gasteiger partial charge in [0.2, 0.25) is 0 Å². The molecule has 2 aromatic carbocycles. The summed E-state index contributed by atoms with van der Waals surface area (Å²) >= 11 is 0. The Bertz CT molecular complexity index is 1090. The maximum atomic E-state index is 12.6. The number of nitrogens with one attached hydrogen (secondary N) is 1. The molecule has 38 heavy (non-hydrogen) atoms. The summed E-state index contributed by atoms with van der Waals surface area (Å²) in [6.45, 7) is 10.5. The average molecular weight is 522 g/mol. The van der Waals surface area contributed by atoms with E-state index in [1.165, 1.54) is 31.5 Å². The first-order valence-corrected chi connectivity index (χ1v) is 13.7. The predicted molar refractivity (Wildman–Crippen MR) is 147 cm³/mol. The smallest absolute Gasteiger partial charge is 0.271 e. The Kier molecular flexibility index (Phi) is 9.24. The number of methoxy groups -OCH3 is 1. The van der Waals surface area contributed by atoms with Crippen LogP contribution < -0.4 is 14.9 Å². The number of hydrogen-bond acceptors (Lipinski definition) is 8. The van der Waals surface area contributed by atoms with E-state index < -0.39 is 0 Å². The van der Waals surface area contributed by atoms with E-state index in [1.54, 1.807) is 13.3 Å². The van der Waals surface area contributed by atoms with Crippen LogP contribution in [0.1, 0.15) is 34.3 Å². The van der Waals surface area contributed by atoms with Crippen molar-refractivity contribution < 1.29 is 19.0 Å². The van der Waals surface area contributed by atoms with Crippen molar-refractivity contribution in [3.8, 4) is 11.5 Å². The minimum atomic E-state index is -0.234. The Labute approximate surface area is 225 Å². The van der Waals surface area contributed by atoms with Gasteiger partial charge >= 0.3 is 0 Å². The molecule has 0 spiro atoms. The Morgan fingerprint density at radius 3 is 2.71 bits per heavy atom. The second-order valence-corrected chi connectivity index (χ2v) is 10.2. The van der Waals surface area contributed by atoms with Gasteiger partial charge in [0.1, 0.15) is 6.61 Å². The number of carbonyl (C=O) groups excluding carboxylic acids is 1. The molecule has 3 saturated heterocycles. The fourth-order valence-electron chi connectivity index (χ4n) is 5.44. The largest absolute Gasteiger partial charge is 0.493 e. The van der Waals surface area contributed by atoms with Crippen LogP contribution in [0.2, 0.25) is 0 Å². The number of hydrazone groups is 1. The summed E-state index contributed by atoms with van der Waals surface area (Å²) in [5.74, 6) is 1.08. The maximum Gasteiger partial charge on any atom is 0.271 e. The number of piperazine rings is 1. The monoisotopic (exact) mass is 521 g/mol. The minimum Gasteiger partial charge on any atom is -0.493 e. The molecule has 5 rings (SSSR count). The number of hydrogen-bond donors (Lipinski definition) is 1. The zero-order valence-electron chi connectivity index (χ0n) is 22.3. The van der Waals surface area contributed by atoms with Gasteiger partial charge in [0.25, 0.3) is 5.91 Å². The van der Waals surface area contributed by atoms with Gasteiger partial charge < -0.3 is 14.2 Å². The average Bonchev–Trinajstić information content (AvgIpc) is 3.42. The lowest BCUT2D eigenvalue weighted by Crippen LogP contribution is -2.49. The third-order valence-electron chi connectivity index (χ3n) is 7.63. The quantitative estimate of drug-likeness (QED) is 0.380. The third kappa shape index (κ3) is 7.11. The lowest BCUT2D eigenvalue weighted by molar-refractivity contribution is 0.0321. The van der Waals surface area contributed by atoms with Gasteiger partial charge in [-0.1, -0.05) is 12.1 Å². The molecule has 9 nitrogen and oxygen atoms in total. The van der Waals surface area contributed by atoms with E-state index in [0.29, 0.717) is 23.7 Å². The Morgan fingerprint density at radius 1 is 1.05 bits per heavy atom. The molecule has 3 fully saturated rings. The lowest BCUT2D eigenvalue weighted by Gasteiger charge is -2.37. The fraction of sp³-hybridized carbons (Fsp3) is 0.517. The zero-order valence-corrected chi connectivity index (χ0v) is 22.3. The molecule has 2 aromatic rings. The van der Waals surface area contributed by atoms with Gasteiger partial charge in [-0.15, -0.1) is 0 Å². The summed E-state index contributed by atoms with van der Waals surface area (Å²) in [5.41, 5.74) is 5.25. The fourth-order valence-corrected chi connectivity index (χ4v) is 5.44. The summed E-state index contributed by atoms with van der Waals surface area (Å²) < 4.78 is 16.8. The van der Waals surface area contributed by atoms with Gasteiger partial charge in [-0.05, 0) is 60.8 Å². The number of nitrogens with zero attached hydrogens (tertiary/aromatic N) is 4. The Hall–Kier alpha value is -2.98. The summed E-state index contributed by atoms with van der Waals surface area (Å²) in [5, 5.41) is 4.14. The molecule has 3 aliphatic heterocycles. The number of carbonyl (C=O) groups is 1. The molecule has 1 atom stereocenters. The second kappa shape index (κ2) is 13.2. The highest BCUT2D eigenvalue weighted by Crippen LogP contribution is 2.27. The third-order valence-corrected chi connectivity index (χ3v) is 7.63. The summed E-state index contributed by atoms with van der Waals surface area (Å²) in [7, 11) is 1.62. The summed E-state index contributed by atoms with van der Waals surface area (Å²) in [4.78, 5) is 20.1. The highest BCUT2D eigenvalue weighted by Gasteiger charge is 2.30. The van der Waals surface area contributed by atoms with E-state index in [2.05, 4.69) is 25.2 Å². The van der Waals surface area contributed by atoms with Crippen LogP contribution in [-0.4, -0.2) is 106 Å². The van der Waals surface area contributed by atoms with Crippen LogP contribution >= 0.6 is 0 Å². The van der Waals surface area contributed by atoms with Crippen LogP contribution in [0.25, 0.3) is 0 Å². The highest BCUT2D eigenvalue weighted by atomic mass is 16.5. The van der Waals surface area contributed by atoms with Crippen molar-refractivity contribution in [2.24, 2.45) is 5.10 Å². The van der Waals surface area contributed by atoms with Gasteiger partial charge in [-0.2, -0.15) is 5.10 Å². The SMILES string of the molecule is COc1cc(/C=N/NC(=O)c2ccc(CN3CCN4CCC[C@H]4C3)cc2)ccc1OCCN1CCOCC1. The molecule has 0 radical (unpaired) electrons. The standard InChI is InChI=1S/C29H39N5O4/c1-36-28-19-24(6-9-27(28)38-18-15-32-13-16-37-17-14-32)20-30-31-29(35)25-7-4-23(5-8-25)21-33-11-12-34-10-2-3-26(34)22-33/h4-9,19-20,26H,2-3,10-18,21-22H2,1H3,(H,31,35)/b30-20+/t26-/m0/s1. The van der Waals surface area contributed by atoms with Crippen LogP contribution in [0.15, 0.2) is 47.6 Å². The first-order chi connectivity index (χ1) is 18.7. The van der Waals surface area contributed by atoms with E-state index in [1.807, 2.05) is 42.5 Å². The molecule has 1 amide bonds. The van der Waals surface area contributed by atoms with E-state index >= 15 is 0 Å². The highest BCUT2D eigenvalue weighted by molar-refractivity contribution is 5.94. The molecule has 0 aromatic heterocycles. The molecule has 0 aliphatic carbocycles. The molecule has 3 heterocycles. The number of benzene rings is 2. The van der Waals surface area contributed by atoms with Crippen molar-refractivity contribution in [2.45, 2.75) is 25.4 Å². The molecule has 1 N–H and O–H groups in total. The van der Waals surface area contributed by atoms with Gasteiger partial charge in [0.05, 0.1) is 26.5 Å². The predicted octanol–water partition coefficient (Wildman–Crippen LogP) is 2.45. The van der Waals surface area contributed by atoms with Gasteiger partial charge in [0.15, 0.2) is 11.5 Å². The van der Waals surface area contributed by atoms with Crippen LogP contribution in [0.5, 0.6) is 11.5 Å².